The van der Waals surface area contributed by atoms with E-state index in [0.717, 1.165) is 21.8 Å². The molecule has 4 heteroatoms. The molecule has 2 aromatic carbocycles. The summed E-state index contributed by atoms with van der Waals surface area (Å²) in [6.45, 7) is 0. The minimum Gasteiger partial charge on any atom is -0.508 e. The van der Waals surface area contributed by atoms with Gasteiger partial charge < -0.3 is 5.11 Å². The highest BCUT2D eigenvalue weighted by Crippen LogP contribution is 2.30. The molecule has 2 nitrogen and oxygen atoms in total. The van der Waals surface area contributed by atoms with Crippen LogP contribution in [0.15, 0.2) is 53.9 Å². The lowest BCUT2D eigenvalue weighted by Gasteiger charge is -1.98. The van der Waals surface area contributed by atoms with Gasteiger partial charge in [0, 0.05) is 16.5 Å². The van der Waals surface area contributed by atoms with Gasteiger partial charge in [-0.3, -0.25) is 0 Å². The summed E-state index contributed by atoms with van der Waals surface area (Å²) in [6.07, 6.45) is 0. The summed E-state index contributed by atoms with van der Waals surface area (Å²) >= 11 is 1.49. The van der Waals surface area contributed by atoms with Crippen molar-refractivity contribution < 1.29 is 9.50 Å². The predicted molar refractivity (Wildman–Crippen MR) is 74.6 cm³/mol. The Morgan fingerprint density at radius 2 is 1.79 bits per heavy atom. The molecule has 0 aliphatic heterocycles. The topological polar surface area (TPSA) is 33.1 Å². The number of halogens is 1. The molecule has 0 bridgehead atoms. The average Bonchev–Trinajstić information content (AvgIpc) is 2.89. The van der Waals surface area contributed by atoms with Crippen LogP contribution in [0.1, 0.15) is 0 Å². The maximum atomic E-state index is 12.9. The molecule has 0 spiro atoms. The summed E-state index contributed by atoms with van der Waals surface area (Å²) in [5, 5.41) is 12.2. The van der Waals surface area contributed by atoms with Crippen molar-refractivity contribution in [1.82, 2.24) is 4.98 Å². The van der Waals surface area contributed by atoms with Gasteiger partial charge in [-0.05, 0) is 36.4 Å². The Morgan fingerprint density at radius 1 is 1.00 bits per heavy atom. The van der Waals surface area contributed by atoms with Gasteiger partial charge in [0.15, 0.2) is 0 Å². The van der Waals surface area contributed by atoms with Crippen LogP contribution in [0.3, 0.4) is 0 Å². The number of rotatable bonds is 2. The number of aromatic nitrogens is 1. The van der Waals surface area contributed by atoms with Crippen LogP contribution in [0, 0.1) is 5.82 Å². The normalized spacial score (nSPS) is 10.6. The summed E-state index contributed by atoms with van der Waals surface area (Å²) < 4.78 is 12.9. The lowest BCUT2D eigenvalue weighted by atomic mass is 10.2. The number of hydrogen-bond acceptors (Lipinski definition) is 3. The third kappa shape index (κ3) is 2.48. The number of nitrogens with zero attached hydrogens (tertiary/aromatic N) is 1. The van der Waals surface area contributed by atoms with E-state index in [9.17, 15) is 9.50 Å². The van der Waals surface area contributed by atoms with Crippen molar-refractivity contribution in [1.29, 1.82) is 0 Å². The summed E-state index contributed by atoms with van der Waals surface area (Å²) in [7, 11) is 0. The Balaban J connectivity index is 1.97. The maximum Gasteiger partial charge on any atom is 0.124 e. The van der Waals surface area contributed by atoms with Gasteiger partial charge in [0.1, 0.15) is 16.6 Å². The third-order valence-electron chi connectivity index (χ3n) is 2.74. The monoisotopic (exact) mass is 271 g/mol. The minimum atomic E-state index is -0.257. The van der Waals surface area contributed by atoms with Crippen LogP contribution in [-0.2, 0) is 0 Å². The Bertz CT molecular complexity index is 706. The first-order valence-electron chi connectivity index (χ1n) is 5.73. The first kappa shape index (κ1) is 11.9. The van der Waals surface area contributed by atoms with Crippen molar-refractivity contribution in [3.8, 4) is 27.6 Å². The van der Waals surface area contributed by atoms with Gasteiger partial charge >= 0.3 is 0 Å². The van der Waals surface area contributed by atoms with E-state index in [1.807, 2.05) is 11.4 Å². The number of aromatic hydroxyl groups is 1. The lowest BCUT2D eigenvalue weighted by Crippen LogP contribution is -1.80. The second-order valence-corrected chi connectivity index (χ2v) is 4.95. The molecule has 0 saturated carbocycles. The summed E-state index contributed by atoms with van der Waals surface area (Å²) in [6, 6.07) is 13.2. The van der Waals surface area contributed by atoms with Crippen molar-refractivity contribution in [2.45, 2.75) is 0 Å². The van der Waals surface area contributed by atoms with Crippen LogP contribution in [0.4, 0.5) is 4.39 Å². The molecule has 0 atom stereocenters. The van der Waals surface area contributed by atoms with Crippen LogP contribution in [0.5, 0.6) is 5.75 Å². The fourth-order valence-electron chi connectivity index (χ4n) is 1.80. The molecule has 0 unspecified atom stereocenters. The standard InChI is InChI=1S/C15H10FNOS/c16-12-6-4-10(5-7-12)14-9-19-15(17-14)11-2-1-3-13(18)8-11/h1-9,18H. The maximum absolute atomic E-state index is 12.9. The predicted octanol–water partition coefficient (Wildman–Crippen LogP) is 4.32. The van der Waals surface area contributed by atoms with E-state index in [1.165, 1.54) is 23.5 Å². The van der Waals surface area contributed by atoms with Gasteiger partial charge in [-0.25, -0.2) is 9.37 Å². The molecular weight excluding hydrogens is 261 g/mol. The molecule has 0 aliphatic rings. The van der Waals surface area contributed by atoms with Gasteiger partial charge in [-0.2, -0.15) is 0 Å². The van der Waals surface area contributed by atoms with Gasteiger partial charge in [-0.1, -0.05) is 12.1 Å². The number of phenolic OH excluding ortho intramolecular Hbond substituents is 1. The number of hydrogen-bond donors (Lipinski definition) is 1. The smallest absolute Gasteiger partial charge is 0.124 e. The highest BCUT2D eigenvalue weighted by molar-refractivity contribution is 7.13. The first-order valence-corrected chi connectivity index (χ1v) is 6.61. The molecule has 0 amide bonds. The Kier molecular flexibility index (Phi) is 3.01. The SMILES string of the molecule is Oc1cccc(-c2nc(-c3ccc(F)cc3)cs2)c1. The molecular formula is C15H10FNOS. The van der Waals surface area contributed by atoms with Crippen LogP contribution in [-0.4, -0.2) is 10.1 Å². The third-order valence-corrected chi connectivity index (χ3v) is 3.63. The van der Waals surface area contributed by atoms with Gasteiger partial charge in [-0.15, -0.1) is 11.3 Å². The lowest BCUT2D eigenvalue weighted by molar-refractivity contribution is 0.475. The summed E-state index contributed by atoms with van der Waals surface area (Å²) in [4.78, 5) is 4.51. The molecule has 1 N–H and O–H groups in total. The van der Waals surface area contributed by atoms with Crippen molar-refractivity contribution in [2.24, 2.45) is 0 Å². The van der Waals surface area contributed by atoms with Gasteiger partial charge in [0.2, 0.25) is 0 Å². The highest BCUT2D eigenvalue weighted by atomic mass is 32.1. The molecule has 0 aliphatic carbocycles. The second-order valence-electron chi connectivity index (χ2n) is 4.10. The van der Waals surface area contributed by atoms with E-state index in [2.05, 4.69) is 4.98 Å². The second kappa shape index (κ2) is 4.82. The fraction of sp³-hybridized carbons (Fsp3) is 0. The minimum absolute atomic E-state index is 0.219. The zero-order chi connectivity index (χ0) is 13.2. The van der Waals surface area contributed by atoms with Crippen molar-refractivity contribution in [3.05, 3.63) is 59.7 Å². The quantitative estimate of drug-likeness (QED) is 0.753. The molecule has 3 rings (SSSR count). The number of thiazole rings is 1. The molecule has 3 aromatic rings. The zero-order valence-corrected chi connectivity index (χ0v) is 10.7. The van der Waals surface area contributed by atoms with E-state index in [0.29, 0.717) is 0 Å². The summed E-state index contributed by atoms with van der Waals surface area (Å²) in [5.41, 5.74) is 2.56. The van der Waals surface area contributed by atoms with E-state index in [4.69, 9.17) is 0 Å². The zero-order valence-electron chi connectivity index (χ0n) is 9.88. The highest BCUT2D eigenvalue weighted by Gasteiger charge is 2.07. The van der Waals surface area contributed by atoms with E-state index in [-0.39, 0.29) is 11.6 Å². The van der Waals surface area contributed by atoms with Crippen molar-refractivity contribution >= 4 is 11.3 Å². The van der Waals surface area contributed by atoms with E-state index >= 15 is 0 Å². The first-order chi connectivity index (χ1) is 9.22. The molecule has 1 heterocycles. The molecule has 1 aromatic heterocycles. The Morgan fingerprint density at radius 3 is 2.53 bits per heavy atom. The average molecular weight is 271 g/mol. The number of phenols is 1. The Labute approximate surface area is 113 Å². The molecule has 0 radical (unpaired) electrons. The van der Waals surface area contributed by atoms with Crippen LogP contribution in [0.2, 0.25) is 0 Å². The van der Waals surface area contributed by atoms with Crippen molar-refractivity contribution in [2.75, 3.05) is 0 Å². The molecule has 0 fully saturated rings. The van der Waals surface area contributed by atoms with Gasteiger partial charge in [0.25, 0.3) is 0 Å². The van der Waals surface area contributed by atoms with E-state index in [1.54, 1.807) is 30.3 Å². The Hall–Kier alpha value is -2.20. The summed E-state index contributed by atoms with van der Waals surface area (Å²) in [5.74, 6) is -0.0387. The molecule has 0 saturated heterocycles. The van der Waals surface area contributed by atoms with Crippen LogP contribution >= 0.6 is 11.3 Å². The number of benzene rings is 2. The van der Waals surface area contributed by atoms with Gasteiger partial charge in [0.05, 0.1) is 5.69 Å². The van der Waals surface area contributed by atoms with Crippen LogP contribution in [0.25, 0.3) is 21.8 Å². The van der Waals surface area contributed by atoms with Crippen LogP contribution < -0.4 is 0 Å². The van der Waals surface area contributed by atoms with Crippen molar-refractivity contribution in [3.63, 3.8) is 0 Å². The largest absolute Gasteiger partial charge is 0.508 e. The fourth-order valence-corrected chi connectivity index (χ4v) is 2.62. The van der Waals surface area contributed by atoms with E-state index < -0.39 is 0 Å². The molecule has 19 heavy (non-hydrogen) atoms. The molecule has 94 valence electrons.